The van der Waals surface area contributed by atoms with E-state index in [0.717, 1.165) is 0 Å². The van der Waals surface area contributed by atoms with E-state index in [1.54, 1.807) is 0 Å². The molecular weight excluding hydrogens is 304 g/mol. The van der Waals surface area contributed by atoms with E-state index in [1.807, 2.05) is 0 Å². The molecule has 0 saturated heterocycles. The van der Waals surface area contributed by atoms with Crippen LogP contribution in [-0.4, -0.2) is 25.6 Å². The summed E-state index contributed by atoms with van der Waals surface area (Å²) in [6, 6.07) is 0. The lowest BCUT2D eigenvalue weighted by Crippen LogP contribution is -2.01. The number of hydrogen-bond donors (Lipinski definition) is 4. The maximum absolute atomic E-state index is 9.96. The minimum absolute atomic E-state index is 0.0162. The van der Waals surface area contributed by atoms with Gasteiger partial charge in [0.25, 0.3) is 0 Å². The van der Waals surface area contributed by atoms with E-state index in [9.17, 15) is 15.3 Å². The summed E-state index contributed by atoms with van der Waals surface area (Å²) < 4.78 is 0. The van der Waals surface area contributed by atoms with Crippen molar-refractivity contribution in [2.24, 2.45) is 21.0 Å². The molecule has 1 heterocycles. The van der Waals surface area contributed by atoms with Crippen LogP contribution in [0.3, 0.4) is 0 Å². The standard InChI is InChI=1S/C11H9ClN4O3S/c1-3-7(17)6-5(9(19)8(3)18)4(10(12)15-6)2-14-16-11(13)20/h2,17-19H,1H3,(H2,13,20)/b4-2+,16-14?. The number of fused-ring (bicyclic) bond motifs is 1. The Labute approximate surface area is 123 Å². The van der Waals surface area contributed by atoms with Crippen molar-refractivity contribution in [2.75, 3.05) is 0 Å². The van der Waals surface area contributed by atoms with Crippen LogP contribution < -0.4 is 5.73 Å². The van der Waals surface area contributed by atoms with Crippen molar-refractivity contribution >= 4 is 45.4 Å². The van der Waals surface area contributed by atoms with Gasteiger partial charge in [0.15, 0.2) is 11.5 Å². The molecule has 104 valence electrons. The van der Waals surface area contributed by atoms with Crippen LogP contribution in [0, 0.1) is 6.92 Å². The van der Waals surface area contributed by atoms with Gasteiger partial charge in [0.1, 0.15) is 16.6 Å². The molecule has 1 aliphatic heterocycles. The molecule has 20 heavy (non-hydrogen) atoms. The van der Waals surface area contributed by atoms with Gasteiger partial charge >= 0.3 is 0 Å². The number of azo groups is 1. The number of benzene rings is 1. The molecule has 2 rings (SSSR count). The molecule has 5 N–H and O–H groups in total. The summed E-state index contributed by atoms with van der Waals surface area (Å²) in [5.74, 6) is -1.19. The van der Waals surface area contributed by atoms with Gasteiger partial charge in [0.05, 0.1) is 11.8 Å². The highest BCUT2D eigenvalue weighted by Crippen LogP contribution is 2.53. The zero-order valence-corrected chi connectivity index (χ0v) is 11.7. The number of halogens is 1. The van der Waals surface area contributed by atoms with Crippen LogP contribution in [0.25, 0.3) is 5.57 Å². The van der Waals surface area contributed by atoms with Crippen LogP contribution in [0.5, 0.6) is 17.2 Å². The molecule has 1 aromatic carbocycles. The second kappa shape index (κ2) is 5.06. The Bertz CT molecular complexity index is 712. The number of nitrogens with two attached hydrogens (primary N) is 1. The number of phenols is 3. The van der Waals surface area contributed by atoms with Crippen molar-refractivity contribution in [3.63, 3.8) is 0 Å². The lowest BCUT2D eigenvalue weighted by molar-refractivity contribution is 0.392. The number of aliphatic imine (C=N–C) groups is 1. The minimum Gasteiger partial charge on any atom is -0.505 e. The van der Waals surface area contributed by atoms with Gasteiger partial charge in [0, 0.05) is 11.1 Å². The van der Waals surface area contributed by atoms with Crippen molar-refractivity contribution in [3.05, 3.63) is 17.3 Å². The first kappa shape index (κ1) is 14.2. The molecule has 9 heteroatoms. The molecule has 1 aromatic rings. The lowest BCUT2D eigenvalue weighted by atomic mass is 10.0. The Morgan fingerprint density at radius 2 is 1.95 bits per heavy atom. The van der Waals surface area contributed by atoms with Gasteiger partial charge in [-0.05, 0) is 19.1 Å². The van der Waals surface area contributed by atoms with Crippen LogP contribution in [0.1, 0.15) is 11.1 Å². The van der Waals surface area contributed by atoms with E-state index < -0.39 is 11.5 Å². The molecule has 0 fully saturated rings. The second-order valence-corrected chi connectivity index (χ2v) is 4.67. The summed E-state index contributed by atoms with van der Waals surface area (Å²) >= 11 is 10.4. The zero-order valence-electron chi connectivity index (χ0n) is 10.1. The monoisotopic (exact) mass is 312 g/mol. The summed E-state index contributed by atoms with van der Waals surface area (Å²) in [4.78, 5) is 3.92. The molecule has 0 unspecified atom stereocenters. The molecule has 0 aliphatic carbocycles. The molecule has 0 spiro atoms. The summed E-state index contributed by atoms with van der Waals surface area (Å²) in [6.07, 6.45) is 1.17. The van der Waals surface area contributed by atoms with Crippen molar-refractivity contribution in [3.8, 4) is 17.2 Å². The van der Waals surface area contributed by atoms with E-state index in [-0.39, 0.29) is 38.4 Å². The normalized spacial score (nSPS) is 15.7. The van der Waals surface area contributed by atoms with Gasteiger partial charge in [-0.1, -0.05) is 11.6 Å². The van der Waals surface area contributed by atoms with E-state index in [0.29, 0.717) is 0 Å². The summed E-state index contributed by atoms with van der Waals surface area (Å²) in [7, 11) is 0. The fourth-order valence-corrected chi connectivity index (χ4v) is 1.98. The molecule has 7 nitrogen and oxygen atoms in total. The Balaban J connectivity index is 2.65. The minimum atomic E-state index is -0.458. The number of nitrogens with zero attached hydrogens (tertiary/aromatic N) is 3. The molecule has 1 aliphatic rings. The van der Waals surface area contributed by atoms with Gasteiger partial charge in [-0.3, -0.25) is 0 Å². The highest BCUT2D eigenvalue weighted by Gasteiger charge is 2.30. The molecule has 0 aromatic heterocycles. The first-order valence-electron chi connectivity index (χ1n) is 5.27. The fraction of sp³-hybridized carbons (Fsp3) is 0.0909. The van der Waals surface area contributed by atoms with Crippen molar-refractivity contribution < 1.29 is 15.3 Å². The Morgan fingerprint density at radius 3 is 2.55 bits per heavy atom. The number of rotatable bonds is 1. The molecule has 0 amide bonds. The molecular formula is C11H9ClN4O3S. The summed E-state index contributed by atoms with van der Waals surface area (Å²) in [6.45, 7) is 1.43. The maximum Gasteiger partial charge on any atom is 0.211 e. The third-order valence-electron chi connectivity index (χ3n) is 2.68. The lowest BCUT2D eigenvalue weighted by Gasteiger charge is -2.10. The van der Waals surface area contributed by atoms with Crippen LogP contribution in [0.2, 0.25) is 0 Å². The summed E-state index contributed by atoms with van der Waals surface area (Å²) in [5, 5.41) is 36.4. The van der Waals surface area contributed by atoms with Crippen LogP contribution in [0.15, 0.2) is 21.4 Å². The first-order valence-corrected chi connectivity index (χ1v) is 6.06. The van der Waals surface area contributed by atoms with Crippen LogP contribution >= 0.6 is 23.8 Å². The predicted octanol–water partition coefficient (Wildman–Crippen LogP) is 2.43. The number of aromatic hydroxyl groups is 3. The highest BCUT2D eigenvalue weighted by molar-refractivity contribution is 7.80. The Morgan fingerprint density at radius 1 is 1.30 bits per heavy atom. The van der Waals surface area contributed by atoms with Gasteiger partial charge in [-0.2, -0.15) is 5.11 Å². The van der Waals surface area contributed by atoms with E-state index in [2.05, 4.69) is 27.4 Å². The van der Waals surface area contributed by atoms with E-state index >= 15 is 0 Å². The van der Waals surface area contributed by atoms with Gasteiger partial charge in [-0.15, -0.1) is 5.11 Å². The van der Waals surface area contributed by atoms with Crippen molar-refractivity contribution in [2.45, 2.75) is 6.92 Å². The number of thiocarbonyl (C=S) groups is 1. The van der Waals surface area contributed by atoms with Crippen molar-refractivity contribution in [1.29, 1.82) is 0 Å². The molecule has 0 radical (unpaired) electrons. The van der Waals surface area contributed by atoms with Gasteiger partial charge in [0.2, 0.25) is 5.11 Å². The third-order valence-corrected chi connectivity index (χ3v) is 3.05. The second-order valence-electron chi connectivity index (χ2n) is 3.89. The maximum atomic E-state index is 9.96. The SMILES string of the molecule is Cc1c(O)c(O)c2c(c1O)N=C(Cl)/C2=C/N=NC(N)=S. The third kappa shape index (κ3) is 2.19. The predicted molar refractivity (Wildman–Crippen MR) is 78.7 cm³/mol. The quantitative estimate of drug-likeness (QED) is 0.274. The van der Waals surface area contributed by atoms with Gasteiger partial charge in [-0.25, -0.2) is 4.99 Å². The first-order chi connectivity index (χ1) is 9.34. The fourth-order valence-electron chi connectivity index (χ4n) is 1.70. The Hall–Kier alpha value is -2.19. The van der Waals surface area contributed by atoms with Crippen molar-refractivity contribution in [1.82, 2.24) is 0 Å². The van der Waals surface area contributed by atoms with E-state index in [4.69, 9.17) is 17.3 Å². The average molecular weight is 313 g/mol. The largest absolute Gasteiger partial charge is 0.505 e. The average Bonchev–Trinajstić information content (AvgIpc) is 2.71. The highest BCUT2D eigenvalue weighted by atomic mass is 35.5. The van der Waals surface area contributed by atoms with Crippen LogP contribution in [-0.2, 0) is 0 Å². The Kier molecular flexibility index (Phi) is 3.60. The zero-order chi connectivity index (χ0) is 15.0. The number of allylic oxidation sites excluding steroid dienone is 1. The molecule has 0 atom stereocenters. The van der Waals surface area contributed by atoms with Crippen LogP contribution in [0.4, 0.5) is 5.69 Å². The number of phenolic OH excluding ortho intramolecular Hbond substituents is 3. The number of hydrogen-bond acceptors (Lipinski definition) is 6. The van der Waals surface area contributed by atoms with E-state index in [1.165, 1.54) is 13.1 Å². The molecule has 0 bridgehead atoms. The molecule has 0 saturated carbocycles. The van der Waals surface area contributed by atoms with Gasteiger partial charge < -0.3 is 21.1 Å². The smallest absolute Gasteiger partial charge is 0.211 e. The summed E-state index contributed by atoms with van der Waals surface area (Å²) in [5.41, 5.74) is 5.56. The topological polar surface area (TPSA) is 124 Å².